The van der Waals surface area contributed by atoms with Crippen LogP contribution in [0, 0.1) is 10.1 Å². The van der Waals surface area contributed by atoms with Gasteiger partial charge in [-0.05, 0) is 26.0 Å². The van der Waals surface area contributed by atoms with E-state index in [9.17, 15) is 10.1 Å². The van der Waals surface area contributed by atoms with E-state index >= 15 is 0 Å². The van der Waals surface area contributed by atoms with Crippen LogP contribution in [0.25, 0.3) is 6.08 Å². The lowest BCUT2D eigenvalue weighted by Crippen LogP contribution is -2.28. The summed E-state index contributed by atoms with van der Waals surface area (Å²) in [5.41, 5.74) is -0.213. The Morgan fingerprint density at radius 2 is 2.00 bits per heavy atom. The largest absolute Gasteiger partial charge is 0.493 e. The number of rotatable bonds is 3. The predicted molar refractivity (Wildman–Crippen MR) is 69.9 cm³/mol. The Kier molecular flexibility index (Phi) is 3.09. The third-order valence-corrected chi connectivity index (χ3v) is 2.85. The van der Waals surface area contributed by atoms with E-state index in [0.717, 1.165) is 0 Å². The van der Waals surface area contributed by atoms with Crippen molar-refractivity contribution < 1.29 is 19.1 Å². The van der Waals surface area contributed by atoms with E-state index < -0.39 is 10.5 Å². The maximum Gasteiger partial charge on any atom is 0.315 e. The number of ether oxygens (including phenoxy) is 3. The lowest BCUT2D eigenvalue weighted by atomic mass is 10.0. The third-order valence-electron chi connectivity index (χ3n) is 2.85. The molecule has 0 amide bonds. The van der Waals surface area contributed by atoms with Crippen LogP contribution < -0.4 is 14.2 Å². The topological polar surface area (TPSA) is 70.8 Å². The first-order valence-electron chi connectivity index (χ1n) is 5.71. The number of nitro benzene ring substituents is 1. The van der Waals surface area contributed by atoms with Gasteiger partial charge in [0, 0.05) is 0 Å². The summed E-state index contributed by atoms with van der Waals surface area (Å²) in [6.45, 7) is 3.65. The minimum atomic E-state index is -0.600. The lowest BCUT2D eigenvalue weighted by molar-refractivity contribution is -0.386. The predicted octanol–water partition coefficient (Wildman–Crippen LogP) is 2.80. The molecule has 0 aliphatic carbocycles. The van der Waals surface area contributed by atoms with Crippen molar-refractivity contribution in [2.75, 3.05) is 14.2 Å². The van der Waals surface area contributed by atoms with Crippen molar-refractivity contribution in [3.05, 3.63) is 27.8 Å². The van der Waals surface area contributed by atoms with E-state index in [2.05, 4.69) is 0 Å². The third kappa shape index (κ3) is 2.21. The summed E-state index contributed by atoms with van der Waals surface area (Å²) in [6, 6.07) is 1.31. The quantitative estimate of drug-likeness (QED) is 0.620. The summed E-state index contributed by atoms with van der Waals surface area (Å²) >= 11 is 0. The van der Waals surface area contributed by atoms with Crippen molar-refractivity contribution in [2.24, 2.45) is 0 Å². The summed E-state index contributed by atoms with van der Waals surface area (Å²) in [6.07, 6.45) is 3.58. The number of methoxy groups -OCH3 is 2. The van der Waals surface area contributed by atoms with Gasteiger partial charge in [0.2, 0.25) is 5.75 Å². The second kappa shape index (κ2) is 4.46. The molecule has 0 radical (unpaired) electrons. The molecule has 0 bridgehead atoms. The van der Waals surface area contributed by atoms with Crippen molar-refractivity contribution in [3.63, 3.8) is 0 Å². The Morgan fingerprint density at radius 3 is 2.53 bits per heavy atom. The van der Waals surface area contributed by atoms with Crippen LogP contribution in [0.1, 0.15) is 19.4 Å². The van der Waals surface area contributed by atoms with Crippen LogP contribution >= 0.6 is 0 Å². The van der Waals surface area contributed by atoms with Crippen LogP contribution in [-0.4, -0.2) is 24.7 Å². The van der Waals surface area contributed by atoms with E-state index in [-0.39, 0.29) is 11.4 Å². The van der Waals surface area contributed by atoms with Gasteiger partial charge in [-0.3, -0.25) is 10.1 Å². The van der Waals surface area contributed by atoms with E-state index in [1.54, 1.807) is 6.08 Å². The van der Waals surface area contributed by atoms with Gasteiger partial charge in [-0.1, -0.05) is 0 Å². The van der Waals surface area contributed by atoms with Crippen molar-refractivity contribution >= 4 is 11.8 Å². The zero-order valence-electron chi connectivity index (χ0n) is 11.2. The second-order valence-electron chi connectivity index (χ2n) is 4.67. The van der Waals surface area contributed by atoms with Crippen LogP contribution in [0.3, 0.4) is 0 Å². The number of hydrogen-bond acceptors (Lipinski definition) is 5. The van der Waals surface area contributed by atoms with Gasteiger partial charge in [0.05, 0.1) is 30.8 Å². The maximum atomic E-state index is 11.2. The van der Waals surface area contributed by atoms with Gasteiger partial charge in [-0.2, -0.15) is 0 Å². The Hall–Kier alpha value is -2.24. The molecule has 0 saturated carbocycles. The fraction of sp³-hybridized carbons (Fsp3) is 0.385. The van der Waals surface area contributed by atoms with E-state index in [4.69, 9.17) is 14.2 Å². The summed E-state index contributed by atoms with van der Waals surface area (Å²) < 4.78 is 16.1. The lowest BCUT2D eigenvalue weighted by Gasteiger charge is -2.28. The molecule has 1 heterocycles. The first kappa shape index (κ1) is 13.2. The second-order valence-corrected chi connectivity index (χ2v) is 4.67. The number of nitrogens with zero attached hydrogens (tertiary/aromatic N) is 1. The summed E-state index contributed by atoms with van der Waals surface area (Å²) in [4.78, 5) is 10.7. The molecule has 2 rings (SSSR count). The molecule has 102 valence electrons. The average Bonchev–Trinajstić information content (AvgIpc) is 2.35. The molecule has 0 fully saturated rings. The number of nitro groups is 1. The van der Waals surface area contributed by atoms with Crippen LogP contribution in [0.15, 0.2) is 12.1 Å². The zero-order valence-corrected chi connectivity index (χ0v) is 11.2. The van der Waals surface area contributed by atoms with E-state index in [1.807, 2.05) is 19.9 Å². The highest BCUT2D eigenvalue weighted by Gasteiger charge is 2.33. The average molecular weight is 265 g/mol. The summed E-state index contributed by atoms with van der Waals surface area (Å²) in [7, 11) is 2.92. The van der Waals surface area contributed by atoms with Gasteiger partial charge >= 0.3 is 5.69 Å². The van der Waals surface area contributed by atoms with E-state index in [0.29, 0.717) is 17.1 Å². The first-order chi connectivity index (χ1) is 8.89. The highest BCUT2D eigenvalue weighted by Crippen LogP contribution is 2.48. The molecule has 1 aromatic rings. The standard InChI is InChI=1S/C13H15NO5/c1-13(2)6-5-8-11(19-13)9(14(15)16)7-10(17-3)12(8)18-4/h5-7H,1-4H3. The Balaban J connectivity index is 2.74. The fourth-order valence-corrected chi connectivity index (χ4v) is 1.97. The molecule has 6 heteroatoms. The van der Waals surface area contributed by atoms with E-state index in [1.165, 1.54) is 20.3 Å². The van der Waals surface area contributed by atoms with Gasteiger partial charge in [0.15, 0.2) is 11.5 Å². The molecule has 19 heavy (non-hydrogen) atoms. The zero-order chi connectivity index (χ0) is 14.2. The molecule has 1 aromatic carbocycles. The molecule has 1 aliphatic rings. The molecule has 6 nitrogen and oxygen atoms in total. The van der Waals surface area contributed by atoms with Gasteiger partial charge in [-0.15, -0.1) is 0 Å². The van der Waals surface area contributed by atoms with Crippen molar-refractivity contribution in [1.29, 1.82) is 0 Å². The Morgan fingerprint density at radius 1 is 1.32 bits per heavy atom. The number of benzene rings is 1. The Labute approximate surface area is 110 Å². The SMILES string of the molecule is COc1cc([N+](=O)[O-])c2c(c1OC)C=CC(C)(C)O2. The van der Waals surface area contributed by atoms with Crippen LogP contribution in [0.4, 0.5) is 5.69 Å². The molecular formula is C13H15NO5. The van der Waals surface area contributed by atoms with Crippen molar-refractivity contribution in [1.82, 2.24) is 0 Å². The van der Waals surface area contributed by atoms with Crippen LogP contribution in [-0.2, 0) is 0 Å². The van der Waals surface area contributed by atoms with Gasteiger partial charge < -0.3 is 14.2 Å². The fourth-order valence-electron chi connectivity index (χ4n) is 1.97. The van der Waals surface area contributed by atoms with Crippen molar-refractivity contribution in [3.8, 4) is 17.2 Å². The smallest absolute Gasteiger partial charge is 0.315 e. The summed E-state index contributed by atoms with van der Waals surface area (Å²) in [5, 5.41) is 11.2. The highest BCUT2D eigenvalue weighted by atomic mass is 16.6. The first-order valence-corrected chi connectivity index (χ1v) is 5.71. The number of fused-ring (bicyclic) bond motifs is 1. The molecule has 0 spiro atoms. The maximum absolute atomic E-state index is 11.2. The minimum absolute atomic E-state index is 0.134. The summed E-state index contributed by atoms with van der Waals surface area (Å²) in [5.74, 6) is 0.936. The highest BCUT2D eigenvalue weighted by molar-refractivity contribution is 5.76. The van der Waals surface area contributed by atoms with Gasteiger partial charge in [0.1, 0.15) is 5.60 Å². The molecule has 0 unspecified atom stereocenters. The molecule has 0 atom stereocenters. The molecule has 0 aromatic heterocycles. The molecular weight excluding hydrogens is 250 g/mol. The molecule has 0 N–H and O–H groups in total. The van der Waals surface area contributed by atoms with Crippen molar-refractivity contribution in [2.45, 2.75) is 19.4 Å². The Bertz CT molecular complexity index is 563. The van der Waals surface area contributed by atoms with Gasteiger partial charge in [-0.25, -0.2) is 0 Å². The normalized spacial score (nSPS) is 15.4. The monoisotopic (exact) mass is 265 g/mol. The number of hydrogen-bond donors (Lipinski definition) is 0. The van der Waals surface area contributed by atoms with Crippen LogP contribution in [0.2, 0.25) is 0 Å². The molecule has 1 aliphatic heterocycles. The molecule has 0 saturated heterocycles. The van der Waals surface area contributed by atoms with Gasteiger partial charge in [0.25, 0.3) is 0 Å². The minimum Gasteiger partial charge on any atom is -0.493 e. The van der Waals surface area contributed by atoms with Crippen LogP contribution in [0.5, 0.6) is 17.2 Å².